The lowest BCUT2D eigenvalue weighted by atomic mass is 10.2. The summed E-state index contributed by atoms with van der Waals surface area (Å²) < 4.78 is 12.0. The van der Waals surface area contributed by atoms with Crippen molar-refractivity contribution in [3.05, 3.63) is 66.0 Å². The molecule has 9 heteroatoms. The van der Waals surface area contributed by atoms with Gasteiger partial charge in [-0.1, -0.05) is 18.2 Å². The van der Waals surface area contributed by atoms with Crippen molar-refractivity contribution in [3.63, 3.8) is 0 Å². The van der Waals surface area contributed by atoms with E-state index >= 15 is 0 Å². The van der Waals surface area contributed by atoms with Crippen LogP contribution in [0.5, 0.6) is 5.75 Å². The van der Waals surface area contributed by atoms with Gasteiger partial charge in [-0.25, -0.2) is 9.48 Å². The Morgan fingerprint density at radius 2 is 1.89 bits per heavy atom. The number of hydrogen-bond donors (Lipinski definition) is 1. The summed E-state index contributed by atoms with van der Waals surface area (Å²) in [7, 11) is 1.57. The summed E-state index contributed by atoms with van der Waals surface area (Å²) in [4.78, 5) is 24.5. The Balaban J connectivity index is 1.55. The van der Waals surface area contributed by atoms with Crippen LogP contribution in [0.3, 0.4) is 0 Å². The second-order valence-corrected chi connectivity index (χ2v) is 5.88. The molecule has 1 N–H and O–H groups in total. The highest BCUT2D eigenvalue weighted by atomic mass is 16.5. The molecule has 0 saturated heterocycles. The Bertz CT molecular complexity index is 941. The second-order valence-electron chi connectivity index (χ2n) is 5.88. The zero-order valence-electron chi connectivity index (χ0n) is 15.4. The van der Waals surface area contributed by atoms with E-state index in [2.05, 4.69) is 20.8 Å². The molecule has 1 heterocycles. The third kappa shape index (κ3) is 4.50. The van der Waals surface area contributed by atoms with E-state index in [-0.39, 0.29) is 6.54 Å². The molecule has 0 fully saturated rings. The Hall–Kier alpha value is -3.75. The third-order valence-electron chi connectivity index (χ3n) is 4.02. The number of para-hydroxylation sites is 1. The van der Waals surface area contributed by atoms with E-state index in [9.17, 15) is 9.59 Å². The molecule has 0 unspecified atom stereocenters. The fourth-order valence-corrected chi connectivity index (χ4v) is 2.49. The van der Waals surface area contributed by atoms with Crippen LogP contribution in [0, 0.1) is 0 Å². The summed E-state index contributed by atoms with van der Waals surface area (Å²) in [5.74, 6) is -0.317. The summed E-state index contributed by atoms with van der Waals surface area (Å²) >= 11 is 0. The lowest BCUT2D eigenvalue weighted by molar-refractivity contribution is -0.129. The first-order valence-electron chi connectivity index (χ1n) is 8.52. The van der Waals surface area contributed by atoms with Gasteiger partial charge in [0.1, 0.15) is 12.1 Å². The molecule has 0 aliphatic carbocycles. The Morgan fingerprint density at radius 3 is 2.57 bits per heavy atom. The maximum absolute atomic E-state index is 12.3. The number of methoxy groups -OCH3 is 1. The molecular weight excluding hydrogens is 362 g/mol. The monoisotopic (exact) mass is 381 g/mol. The van der Waals surface area contributed by atoms with E-state index in [1.54, 1.807) is 31.4 Å². The second kappa shape index (κ2) is 8.76. The van der Waals surface area contributed by atoms with Crippen LogP contribution in [-0.2, 0) is 16.1 Å². The lowest BCUT2D eigenvalue weighted by Crippen LogP contribution is -2.35. The van der Waals surface area contributed by atoms with Gasteiger partial charge in [-0.15, -0.1) is 5.10 Å². The predicted octanol–water partition coefficient (Wildman–Crippen LogP) is 1.53. The topological polar surface area (TPSA) is 108 Å². The Morgan fingerprint density at radius 1 is 1.14 bits per heavy atom. The van der Waals surface area contributed by atoms with Crippen LogP contribution in [0.15, 0.2) is 54.9 Å². The lowest BCUT2D eigenvalue weighted by Gasteiger charge is -2.14. The minimum atomic E-state index is -0.943. The largest absolute Gasteiger partial charge is 0.496 e. The van der Waals surface area contributed by atoms with Gasteiger partial charge in [0.2, 0.25) is 0 Å². The number of aromatic nitrogens is 4. The van der Waals surface area contributed by atoms with E-state index in [4.69, 9.17) is 9.47 Å². The number of rotatable bonds is 7. The van der Waals surface area contributed by atoms with Crippen molar-refractivity contribution in [2.45, 2.75) is 19.6 Å². The predicted molar refractivity (Wildman–Crippen MR) is 98.9 cm³/mol. The standard InChI is InChI=1S/C19H19N5O4/c1-13(18(25)20-11-15-5-3-4-6-17(15)27-2)28-19(26)14-7-9-16(10-8-14)24-12-21-22-23-24/h3-10,12-13H,11H2,1-2H3,(H,20,25)/t13-/m0/s1. The van der Waals surface area contributed by atoms with Gasteiger partial charge in [0.15, 0.2) is 6.10 Å². The molecule has 1 atom stereocenters. The van der Waals surface area contributed by atoms with E-state index in [0.29, 0.717) is 17.0 Å². The van der Waals surface area contributed by atoms with Gasteiger partial charge in [0.05, 0.1) is 18.4 Å². The molecule has 2 aromatic carbocycles. The highest BCUT2D eigenvalue weighted by molar-refractivity contribution is 5.92. The number of nitrogens with zero attached hydrogens (tertiary/aromatic N) is 4. The molecule has 144 valence electrons. The molecule has 3 rings (SSSR count). The Labute approximate surface area is 161 Å². The van der Waals surface area contributed by atoms with Gasteiger partial charge in [0, 0.05) is 12.1 Å². The summed E-state index contributed by atoms with van der Waals surface area (Å²) in [6, 6.07) is 13.9. The molecule has 0 radical (unpaired) electrons. The van der Waals surface area contributed by atoms with E-state index in [1.807, 2.05) is 24.3 Å². The van der Waals surface area contributed by atoms with Crippen molar-refractivity contribution in [1.82, 2.24) is 25.5 Å². The normalized spacial score (nSPS) is 11.5. The summed E-state index contributed by atoms with van der Waals surface area (Å²) in [5, 5.41) is 13.6. The molecule has 1 aromatic heterocycles. The summed E-state index contributed by atoms with van der Waals surface area (Å²) in [5.41, 5.74) is 1.85. The molecule has 0 spiro atoms. The van der Waals surface area contributed by atoms with Crippen LogP contribution in [0.1, 0.15) is 22.8 Å². The summed E-state index contributed by atoms with van der Waals surface area (Å²) in [6.07, 6.45) is 0.503. The van der Waals surface area contributed by atoms with Gasteiger partial charge >= 0.3 is 5.97 Å². The molecule has 28 heavy (non-hydrogen) atoms. The van der Waals surface area contributed by atoms with Crippen molar-refractivity contribution in [3.8, 4) is 11.4 Å². The molecular formula is C19H19N5O4. The SMILES string of the molecule is COc1ccccc1CNC(=O)[C@H](C)OC(=O)c1ccc(-n2cnnn2)cc1. The van der Waals surface area contributed by atoms with Gasteiger partial charge in [0.25, 0.3) is 5.91 Å². The highest BCUT2D eigenvalue weighted by Crippen LogP contribution is 2.17. The fraction of sp³-hybridized carbons (Fsp3) is 0.211. The first kappa shape index (κ1) is 19.0. The number of carbonyl (C=O) groups is 2. The number of ether oxygens (including phenoxy) is 2. The van der Waals surface area contributed by atoms with Gasteiger partial charge < -0.3 is 14.8 Å². The first-order chi connectivity index (χ1) is 13.6. The van der Waals surface area contributed by atoms with Crippen LogP contribution in [0.4, 0.5) is 0 Å². The van der Waals surface area contributed by atoms with Gasteiger partial charge in [-0.2, -0.15) is 0 Å². The molecule has 0 saturated carbocycles. The average Bonchev–Trinajstić information content (AvgIpc) is 3.27. The number of amides is 1. The van der Waals surface area contributed by atoms with E-state index in [1.165, 1.54) is 17.9 Å². The van der Waals surface area contributed by atoms with Crippen molar-refractivity contribution in [2.75, 3.05) is 7.11 Å². The van der Waals surface area contributed by atoms with Gasteiger partial charge in [-0.3, -0.25) is 4.79 Å². The van der Waals surface area contributed by atoms with Crippen molar-refractivity contribution >= 4 is 11.9 Å². The van der Waals surface area contributed by atoms with Crippen molar-refractivity contribution in [1.29, 1.82) is 0 Å². The van der Waals surface area contributed by atoms with Crippen LogP contribution in [-0.4, -0.2) is 45.3 Å². The van der Waals surface area contributed by atoms with Crippen molar-refractivity contribution in [2.24, 2.45) is 0 Å². The van der Waals surface area contributed by atoms with Crippen LogP contribution < -0.4 is 10.1 Å². The minimum absolute atomic E-state index is 0.269. The number of benzene rings is 2. The molecule has 3 aromatic rings. The Kier molecular flexibility index (Phi) is 5.95. The third-order valence-corrected chi connectivity index (χ3v) is 4.02. The fourth-order valence-electron chi connectivity index (χ4n) is 2.49. The molecule has 0 aliphatic heterocycles. The molecule has 0 bridgehead atoms. The maximum Gasteiger partial charge on any atom is 0.338 e. The number of tetrazole rings is 1. The van der Waals surface area contributed by atoms with E-state index < -0.39 is 18.0 Å². The van der Waals surface area contributed by atoms with Crippen LogP contribution >= 0.6 is 0 Å². The van der Waals surface area contributed by atoms with E-state index in [0.717, 1.165) is 5.56 Å². The smallest absolute Gasteiger partial charge is 0.338 e. The number of nitrogens with one attached hydrogen (secondary N) is 1. The summed E-state index contributed by atoms with van der Waals surface area (Å²) in [6.45, 7) is 1.79. The average molecular weight is 381 g/mol. The number of carbonyl (C=O) groups excluding carboxylic acids is 2. The molecule has 1 amide bonds. The quantitative estimate of drug-likeness (QED) is 0.618. The number of hydrogen-bond acceptors (Lipinski definition) is 7. The molecule has 9 nitrogen and oxygen atoms in total. The maximum atomic E-state index is 12.3. The van der Waals surface area contributed by atoms with Crippen LogP contribution in [0.25, 0.3) is 5.69 Å². The molecule has 0 aliphatic rings. The first-order valence-corrected chi connectivity index (χ1v) is 8.52. The van der Waals surface area contributed by atoms with Gasteiger partial charge in [-0.05, 0) is 47.7 Å². The number of esters is 1. The minimum Gasteiger partial charge on any atom is -0.496 e. The zero-order valence-corrected chi connectivity index (χ0v) is 15.4. The highest BCUT2D eigenvalue weighted by Gasteiger charge is 2.19. The van der Waals surface area contributed by atoms with Crippen LogP contribution in [0.2, 0.25) is 0 Å². The zero-order chi connectivity index (χ0) is 19.9. The van der Waals surface area contributed by atoms with Crippen molar-refractivity contribution < 1.29 is 19.1 Å².